The maximum Gasteiger partial charge on any atom is 0.391 e. The Morgan fingerprint density at radius 1 is 1.33 bits per heavy atom. The summed E-state index contributed by atoms with van der Waals surface area (Å²) in [7, 11) is 0. The molecule has 0 spiro atoms. The molecule has 1 saturated heterocycles. The van der Waals surface area contributed by atoms with Crippen molar-refractivity contribution < 1.29 is 18.3 Å². The molecule has 0 radical (unpaired) electrons. The highest BCUT2D eigenvalue weighted by Crippen LogP contribution is 2.35. The molecule has 0 saturated carbocycles. The van der Waals surface area contributed by atoms with Gasteiger partial charge in [0.05, 0.1) is 12.5 Å². The molecule has 3 nitrogen and oxygen atoms in total. The molecule has 0 bridgehead atoms. The highest BCUT2D eigenvalue weighted by molar-refractivity contribution is 5.41. The molecule has 1 fully saturated rings. The third-order valence-electron chi connectivity index (χ3n) is 3.27. The first-order valence-corrected chi connectivity index (χ1v) is 5.88. The number of alkyl halides is 3. The Balaban J connectivity index is 2.01. The molecule has 1 aromatic rings. The number of piperidine rings is 1. The van der Waals surface area contributed by atoms with Gasteiger partial charge in [0.25, 0.3) is 0 Å². The van der Waals surface area contributed by atoms with Gasteiger partial charge in [-0.3, -0.25) is 0 Å². The van der Waals surface area contributed by atoms with Gasteiger partial charge in [-0.1, -0.05) is 0 Å². The van der Waals surface area contributed by atoms with Gasteiger partial charge in [-0.25, -0.2) is 4.98 Å². The molecular formula is C12H15F3N2O. The average molecular weight is 260 g/mol. The van der Waals surface area contributed by atoms with Crippen molar-refractivity contribution in [3.8, 4) is 0 Å². The van der Waals surface area contributed by atoms with Gasteiger partial charge >= 0.3 is 6.18 Å². The second-order valence-electron chi connectivity index (χ2n) is 4.48. The van der Waals surface area contributed by atoms with Crippen LogP contribution in [0, 0.1) is 5.92 Å². The molecule has 0 atom stereocenters. The zero-order valence-electron chi connectivity index (χ0n) is 9.82. The monoisotopic (exact) mass is 260 g/mol. The van der Waals surface area contributed by atoms with Crippen LogP contribution in [0.15, 0.2) is 18.3 Å². The summed E-state index contributed by atoms with van der Waals surface area (Å²) in [6.07, 6.45) is -2.31. The van der Waals surface area contributed by atoms with Crippen molar-refractivity contribution in [1.82, 2.24) is 4.98 Å². The molecule has 0 aromatic carbocycles. The van der Waals surface area contributed by atoms with Gasteiger partial charge in [-0.15, -0.1) is 0 Å². The van der Waals surface area contributed by atoms with Gasteiger partial charge < -0.3 is 10.0 Å². The highest BCUT2D eigenvalue weighted by atomic mass is 19.4. The van der Waals surface area contributed by atoms with Crippen LogP contribution < -0.4 is 4.90 Å². The smallest absolute Gasteiger partial charge is 0.391 e. The fourth-order valence-electron chi connectivity index (χ4n) is 2.17. The summed E-state index contributed by atoms with van der Waals surface area (Å²) in [6.45, 7) is 0.618. The minimum absolute atomic E-state index is 0.0888. The van der Waals surface area contributed by atoms with Gasteiger partial charge in [-0.2, -0.15) is 13.2 Å². The average Bonchev–Trinajstić information content (AvgIpc) is 2.38. The maximum atomic E-state index is 12.5. The van der Waals surface area contributed by atoms with E-state index in [0.29, 0.717) is 18.9 Å². The Hall–Kier alpha value is -1.30. The number of hydrogen-bond donors (Lipinski definition) is 1. The normalized spacial score (nSPS) is 18.1. The Bertz CT molecular complexity index is 401. The summed E-state index contributed by atoms with van der Waals surface area (Å²) in [5.41, 5.74) is 0.720. The van der Waals surface area contributed by atoms with Crippen molar-refractivity contribution in [2.24, 2.45) is 5.92 Å². The molecular weight excluding hydrogens is 245 g/mol. The topological polar surface area (TPSA) is 36.4 Å². The number of hydrogen-bond acceptors (Lipinski definition) is 3. The maximum absolute atomic E-state index is 12.5. The first-order chi connectivity index (χ1) is 8.50. The second-order valence-corrected chi connectivity index (χ2v) is 4.48. The van der Waals surface area contributed by atoms with Crippen LogP contribution in [-0.4, -0.2) is 29.4 Å². The molecule has 0 aliphatic carbocycles. The van der Waals surface area contributed by atoms with Crippen LogP contribution in [0.1, 0.15) is 18.4 Å². The molecule has 1 aliphatic rings. The third kappa shape index (κ3) is 2.93. The zero-order chi connectivity index (χ0) is 13.2. The van der Waals surface area contributed by atoms with E-state index in [1.54, 1.807) is 18.3 Å². The first kappa shape index (κ1) is 13.1. The molecule has 1 N–H and O–H groups in total. The number of nitrogens with zero attached hydrogens (tertiary/aromatic N) is 2. The number of aliphatic hydroxyl groups is 1. The Morgan fingerprint density at radius 2 is 2.00 bits per heavy atom. The highest BCUT2D eigenvalue weighted by Gasteiger charge is 2.41. The van der Waals surface area contributed by atoms with Gasteiger partial charge in [0.2, 0.25) is 0 Å². The summed E-state index contributed by atoms with van der Waals surface area (Å²) in [4.78, 5) is 5.97. The molecule has 2 heterocycles. The Kier molecular flexibility index (Phi) is 3.75. The first-order valence-electron chi connectivity index (χ1n) is 5.88. The lowest BCUT2D eigenvalue weighted by molar-refractivity contribution is -0.179. The zero-order valence-corrected chi connectivity index (χ0v) is 9.82. The van der Waals surface area contributed by atoms with Gasteiger partial charge in [0.15, 0.2) is 0 Å². The minimum Gasteiger partial charge on any atom is -0.392 e. The SMILES string of the molecule is OCc1ccnc(N2CCC(C(F)(F)F)CC2)c1. The van der Waals surface area contributed by atoms with Gasteiger partial charge in [0, 0.05) is 19.3 Å². The number of aliphatic hydroxyl groups excluding tert-OH is 1. The Morgan fingerprint density at radius 3 is 2.56 bits per heavy atom. The van der Waals surface area contributed by atoms with E-state index in [1.165, 1.54) is 0 Å². The van der Waals surface area contributed by atoms with Crippen LogP contribution in [0.5, 0.6) is 0 Å². The summed E-state index contributed by atoms with van der Waals surface area (Å²) >= 11 is 0. The van der Waals surface area contributed by atoms with E-state index in [2.05, 4.69) is 4.98 Å². The van der Waals surface area contributed by atoms with E-state index < -0.39 is 12.1 Å². The largest absolute Gasteiger partial charge is 0.392 e. The van der Waals surface area contributed by atoms with E-state index in [-0.39, 0.29) is 19.4 Å². The molecule has 1 aliphatic heterocycles. The number of halogens is 3. The fraction of sp³-hybridized carbons (Fsp3) is 0.583. The molecule has 100 valence electrons. The molecule has 6 heteroatoms. The number of aromatic nitrogens is 1. The van der Waals surface area contributed by atoms with E-state index in [4.69, 9.17) is 5.11 Å². The molecule has 18 heavy (non-hydrogen) atoms. The van der Waals surface area contributed by atoms with Crippen molar-refractivity contribution >= 4 is 5.82 Å². The van der Waals surface area contributed by atoms with Crippen LogP contribution in [0.2, 0.25) is 0 Å². The number of pyridine rings is 1. The van der Waals surface area contributed by atoms with Crippen molar-refractivity contribution in [2.75, 3.05) is 18.0 Å². The van der Waals surface area contributed by atoms with Crippen LogP contribution >= 0.6 is 0 Å². The minimum atomic E-state index is -4.09. The van der Waals surface area contributed by atoms with E-state index in [9.17, 15) is 13.2 Å². The lowest BCUT2D eigenvalue weighted by atomic mass is 9.96. The van der Waals surface area contributed by atoms with Crippen LogP contribution in [-0.2, 0) is 6.61 Å². The quantitative estimate of drug-likeness (QED) is 0.886. The molecule has 0 amide bonds. The van der Waals surface area contributed by atoms with Crippen molar-refractivity contribution in [3.63, 3.8) is 0 Å². The summed E-state index contributed by atoms with van der Waals surface area (Å²) < 4.78 is 37.6. The lowest BCUT2D eigenvalue weighted by Gasteiger charge is -2.33. The molecule has 2 rings (SSSR count). The predicted octanol–water partition coefficient (Wildman–Crippen LogP) is 2.35. The number of anilines is 1. The van der Waals surface area contributed by atoms with E-state index in [1.807, 2.05) is 4.90 Å². The summed E-state index contributed by atoms with van der Waals surface area (Å²) in [6, 6.07) is 3.40. The van der Waals surface area contributed by atoms with Crippen LogP contribution in [0.25, 0.3) is 0 Å². The Labute approximate surface area is 103 Å². The van der Waals surface area contributed by atoms with E-state index >= 15 is 0 Å². The fourth-order valence-corrected chi connectivity index (χ4v) is 2.17. The van der Waals surface area contributed by atoms with Gasteiger partial charge in [0.1, 0.15) is 5.82 Å². The van der Waals surface area contributed by atoms with Crippen molar-refractivity contribution in [1.29, 1.82) is 0 Å². The summed E-state index contributed by atoms with van der Waals surface area (Å²) in [5.74, 6) is -0.558. The molecule has 1 aromatic heterocycles. The van der Waals surface area contributed by atoms with Crippen molar-refractivity contribution in [3.05, 3.63) is 23.9 Å². The standard InChI is InChI=1S/C12H15F3N2O/c13-12(14,15)10-2-5-17(6-3-10)11-7-9(8-18)1-4-16-11/h1,4,7,10,18H,2-3,5-6,8H2. The number of rotatable bonds is 2. The second kappa shape index (κ2) is 5.14. The van der Waals surface area contributed by atoms with Crippen LogP contribution in [0.4, 0.5) is 19.0 Å². The van der Waals surface area contributed by atoms with Crippen LogP contribution in [0.3, 0.4) is 0 Å². The van der Waals surface area contributed by atoms with Crippen molar-refractivity contribution in [2.45, 2.75) is 25.6 Å². The van der Waals surface area contributed by atoms with Gasteiger partial charge in [-0.05, 0) is 30.5 Å². The lowest BCUT2D eigenvalue weighted by Crippen LogP contribution is -2.39. The van der Waals surface area contributed by atoms with E-state index in [0.717, 1.165) is 5.56 Å². The predicted molar refractivity (Wildman–Crippen MR) is 61.2 cm³/mol. The third-order valence-corrected chi connectivity index (χ3v) is 3.27. The summed E-state index contributed by atoms with van der Waals surface area (Å²) in [5, 5.41) is 9.01. The molecule has 0 unspecified atom stereocenters.